The number of nitrogens with two attached hydrogens (primary N) is 3. The molecule has 9 amide bonds. The Morgan fingerprint density at radius 1 is 0.354 bits per heavy atom. The molecule has 6 heterocycles. The quantitative estimate of drug-likeness (QED) is 0.0135. The average Bonchev–Trinajstić information content (AvgIpc) is 1.49. The van der Waals surface area contributed by atoms with Crippen LogP contribution in [0.2, 0.25) is 0 Å². The topological polar surface area (TPSA) is 651 Å². The van der Waals surface area contributed by atoms with Crippen molar-refractivity contribution in [3.63, 3.8) is 0 Å². The highest BCUT2D eigenvalue weighted by Gasteiger charge is 2.89. The SMILES string of the molecule is C.CC1(C(=O)O)C(C(=O)Cc2ccc([N+](=O)[O-])cc2)C(C)(C(=O)O)C1C(=O)Nc1ccc([N+](=O)[O-])cc1.CC12C(=O)N(c3ccc(N)cc3)C(=O)C1C1(C)C(=O)N(c3ccc(N)cc3)C(=O)C21.CC12C(=O)N(c3ccc([N+](=O)[O-])cc3)C(=O)C1C1(C)C(=O)N(c3ccc([N+](=O)[O-])cc3)C(=O)C21.CC12C(=O)OC(=O)C1C1(C)C(=O)OC(=O)C21.Nc1ccc([N+](=O)[O-])cc1. The number of cyclic esters (lactones) is 4. The van der Waals surface area contributed by atoms with E-state index in [-0.39, 0.29) is 52.9 Å². The number of ketones is 1. The third kappa shape index (κ3) is 13.0. The van der Waals surface area contributed by atoms with Crippen LogP contribution in [-0.2, 0) is 92.6 Å². The van der Waals surface area contributed by atoms with Crippen molar-refractivity contribution in [2.45, 2.75) is 69.2 Å². The van der Waals surface area contributed by atoms with Crippen molar-refractivity contribution in [1.82, 2.24) is 0 Å². The Morgan fingerprint density at radius 2 is 0.583 bits per heavy atom. The lowest BCUT2D eigenvalue weighted by Gasteiger charge is -2.60. The van der Waals surface area contributed by atoms with Gasteiger partial charge in [0.1, 0.15) is 5.78 Å². The lowest BCUT2D eigenvalue weighted by molar-refractivity contribution is -0.385. The predicted molar refractivity (Wildman–Crippen MR) is 436 cm³/mol. The van der Waals surface area contributed by atoms with Gasteiger partial charge in [-0.25, -0.2) is 19.6 Å². The molecule has 4 saturated carbocycles. The molecule has 0 spiro atoms. The van der Waals surface area contributed by atoms with Gasteiger partial charge in [-0.2, -0.15) is 0 Å². The third-order valence-corrected chi connectivity index (χ3v) is 26.3. The van der Waals surface area contributed by atoms with Crippen molar-refractivity contribution in [1.29, 1.82) is 0 Å². The summed E-state index contributed by atoms with van der Waals surface area (Å²) in [5, 5.41) is 76.0. The minimum absolute atomic E-state index is 0. The highest BCUT2D eigenvalue weighted by atomic mass is 16.6. The van der Waals surface area contributed by atoms with Crippen LogP contribution in [-0.4, -0.2) is 130 Å². The van der Waals surface area contributed by atoms with Gasteiger partial charge in [0.15, 0.2) is 0 Å². The first-order valence-electron chi connectivity index (χ1n) is 37.9. The van der Waals surface area contributed by atoms with E-state index in [0.717, 1.165) is 82.0 Å². The number of nitrogens with zero attached hydrogens (tertiary/aromatic N) is 9. The fourth-order valence-corrected chi connectivity index (χ4v) is 20.7. The Labute approximate surface area is 714 Å². The van der Waals surface area contributed by atoms with Crippen molar-refractivity contribution < 1.29 is 121 Å². The summed E-state index contributed by atoms with van der Waals surface area (Å²) in [6.45, 7) is 11.4. The molecule has 17 rings (SSSR count). The first-order valence-corrected chi connectivity index (χ1v) is 37.9. The number of esters is 4. The van der Waals surface area contributed by atoms with E-state index < -0.39 is 216 Å². The third-order valence-electron chi connectivity index (χ3n) is 26.3. The largest absolute Gasteiger partial charge is 0.481 e. The summed E-state index contributed by atoms with van der Waals surface area (Å²) in [5.41, 5.74) is 6.66. The number of hydrogen-bond acceptors (Lipinski definition) is 31. The number of aliphatic carboxylic acids is 2. The number of carboxylic acids is 2. The number of carboxylic acid groups (broad SMARTS) is 2. The van der Waals surface area contributed by atoms with Crippen LogP contribution in [0.4, 0.5) is 73.9 Å². The fraction of sp³-hybridized carbons (Fsp3) is 0.310. The number of non-ortho nitro benzene ring substituents is 5. The lowest BCUT2D eigenvalue weighted by atomic mass is 9.38. The van der Waals surface area contributed by atoms with Crippen LogP contribution in [0.25, 0.3) is 0 Å². The highest BCUT2D eigenvalue weighted by Crippen LogP contribution is 2.74. The second-order valence-electron chi connectivity index (χ2n) is 33.1. The smallest absolute Gasteiger partial charge is 0.321 e. The number of nitro groups is 5. The van der Waals surface area contributed by atoms with Crippen LogP contribution >= 0.6 is 0 Å². The summed E-state index contributed by atoms with van der Waals surface area (Å²) >= 11 is 0. The number of imide groups is 4. The van der Waals surface area contributed by atoms with Crippen LogP contribution < -0.4 is 42.1 Å². The fourth-order valence-electron chi connectivity index (χ4n) is 20.7. The van der Waals surface area contributed by atoms with Crippen molar-refractivity contribution >= 4 is 169 Å². The first-order chi connectivity index (χ1) is 58.9. The van der Waals surface area contributed by atoms with Gasteiger partial charge in [-0.05, 0) is 158 Å². The molecule has 10 fully saturated rings. The summed E-state index contributed by atoms with van der Waals surface area (Å²) in [6, 6.07) is 37.8. The van der Waals surface area contributed by atoms with Gasteiger partial charge in [0.05, 0.1) is 138 Å². The molecule has 10 aliphatic rings. The summed E-state index contributed by atoms with van der Waals surface area (Å²) in [6.07, 6.45) is -0.398. The molecule has 7 aromatic carbocycles. The molecule has 0 aromatic heterocycles. The van der Waals surface area contributed by atoms with Gasteiger partial charge in [-0.3, -0.25) is 127 Å². The van der Waals surface area contributed by atoms with E-state index in [4.69, 9.17) is 17.2 Å². The number of amides is 9. The highest BCUT2D eigenvalue weighted by molar-refractivity contribution is 6.36. The summed E-state index contributed by atoms with van der Waals surface area (Å²) in [7, 11) is 0. The van der Waals surface area contributed by atoms with Crippen molar-refractivity contribution in [2.24, 2.45) is 90.7 Å². The number of benzene rings is 7. The van der Waals surface area contributed by atoms with E-state index in [1.165, 1.54) is 100 Å². The van der Waals surface area contributed by atoms with Gasteiger partial charge in [0.25, 0.3) is 28.4 Å². The molecule has 656 valence electrons. The zero-order valence-electron chi connectivity index (χ0n) is 67.1. The molecule has 9 N–H and O–H groups in total. The second kappa shape index (κ2) is 31.0. The molecule has 6 aliphatic heterocycles. The Bertz CT molecular complexity index is 5690. The van der Waals surface area contributed by atoms with Crippen molar-refractivity contribution in [3.8, 4) is 0 Å². The Hall–Kier alpha value is -16.1. The molecule has 4 aliphatic carbocycles. The molecule has 43 heteroatoms. The number of anilines is 8. The Morgan fingerprint density at radius 3 is 0.835 bits per heavy atom. The monoisotopic (exact) mass is 1750 g/mol. The summed E-state index contributed by atoms with van der Waals surface area (Å²) in [5.74, 6) is -21.4. The maximum absolute atomic E-state index is 13.4. The molecule has 43 nitrogen and oxygen atoms in total. The average molecular weight is 1750 g/mol. The number of carbonyl (C=O) groups excluding carboxylic acids is 14. The van der Waals surface area contributed by atoms with Crippen molar-refractivity contribution in [2.75, 3.05) is 42.1 Å². The zero-order chi connectivity index (χ0) is 92.8. The summed E-state index contributed by atoms with van der Waals surface area (Å²) < 4.78 is 9.02. The molecule has 7 aromatic rings. The van der Waals surface area contributed by atoms with Crippen LogP contribution in [0.15, 0.2) is 170 Å². The van der Waals surface area contributed by atoms with Gasteiger partial charge in [0.2, 0.25) is 53.2 Å². The van der Waals surface area contributed by atoms with Gasteiger partial charge in [-0.15, -0.1) is 0 Å². The molecular weight excluding hydrogens is 1670 g/mol. The molecule has 6 saturated heterocycles. The molecule has 0 radical (unpaired) electrons. The Kier molecular flexibility index (Phi) is 22.0. The number of nitro benzene ring substituents is 5. The lowest BCUT2D eigenvalue weighted by Crippen LogP contribution is -2.73. The minimum atomic E-state index is -2.09. The number of rotatable bonds is 16. The normalized spacial score (nSPS) is 29.5. The van der Waals surface area contributed by atoms with E-state index >= 15 is 0 Å². The first kappa shape index (κ1) is 90.1. The number of Topliss-reactive ketones (excluding diaryl/α,β-unsaturated/α-hetero) is 1. The molecule has 0 bridgehead atoms. The van der Waals surface area contributed by atoms with E-state index in [9.17, 15) is 137 Å². The van der Waals surface area contributed by atoms with E-state index in [1.807, 2.05) is 0 Å². The van der Waals surface area contributed by atoms with Gasteiger partial charge in [-0.1, -0.05) is 19.6 Å². The number of carbonyl (C=O) groups is 16. The zero-order valence-corrected chi connectivity index (χ0v) is 67.1. The molecule has 2 unspecified atom stereocenters. The number of ether oxygens (including phenoxy) is 2. The van der Waals surface area contributed by atoms with Gasteiger partial charge >= 0.3 is 35.8 Å². The van der Waals surface area contributed by atoms with Crippen LogP contribution in [0.1, 0.15) is 68.4 Å². The predicted octanol–water partition coefficient (Wildman–Crippen LogP) is 7.67. The molecule has 2 atom stereocenters. The maximum Gasteiger partial charge on any atom is 0.321 e. The van der Waals surface area contributed by atoms with Crippen molar-refractivity contribution in [3.05, 3.63) is 226 Å². The Balaban J connectivity index is 0.000000151. The van der Waals surface area contributed by atoms with Crippen LogP contribution in [0.3, 0.4) is 0 Å². The van der Waals surface area contributed by atoms with Gasteiger partial charge in [0, 0.05) is 89.8 Å². The summed E-state index contributed by atoms with van der Waals surface area (Å²) in [4.78, 5) is 259. The number of hydrogen-bond donors (Lipinski definition) is 6. The van der Waals surface area contributed by atoms with Gasteiger partial charge < -0.3 is 42.2 Å². The minimum Gasteiger partial charge on any atom is -0.481 e. The molecular formula is C84H75N13O30. The van der Waals surface area contributed by atoms with Crippen LogP contribution in [0, 0.1) is 141 Å². The molecule has 127 heavy (non-hydrogen) atoms. The number of fused-ring (bicyclic) bond motifs is 12. The van der Waals surface area contributed by atoms with E-state index in [0.29, 0.717) is 34.0 Å². The van der Waals surface area contributed by atoms with E-state index in [1.54, 1.807) is 62.4 Å². The number of nitrogens with one attached hydrogen (secondary N) is 1. The maximum atomic E-state index is 13.4. The van der Waals surface area contributed by atoms with E-state index in [2.05, 4.69) is 14.8 Å². The van der Waals surface area contributed by atoms with Crippen LogP contribution in [0.5, 0.6) is 0 Å². The second-order valence-corrected chi connectivity index (χ2v) is 33.1. The number of nitrogen functional groups attached to an aromatic ring is 3. The standard InChI is InChI=1S/C23H21N3O10.C22H16N4O8.C22H20N4O4.C10H8O6.C6H6N2O2.CH4/c1-22(20(29)30)17(16(27)11-12-3-7-14(8-4-12)25(33)34)23(2,21(31)32)18(22)19(28)24-13-5-9-15(10-6-13)26(35)36;1-21-15(17(27)23(19(21)29)11-3-7-13(8-4-11)25(31)32)22(2)16(21)18(28)24(20(22)30)12-5-9-14(10-6-12)26(33)34;1-21-15(17(27)25(19(21)29)13-7-3-11(23)4-8-13)22(2)16(21)18(28)26(20(22)30)14-9-5-12(24)6-10-14;1-9-3(5(11)15-7(9)13)10(2)4(9)6(12)16-8(10)14;7-5-1-3-6(4-2-5)8(9)10;/h3-10,17-18H,11H2,1-2H3,(H,24,28)(H,29,30)(H,31,32);3-10,15-16H,1-2H3;3-10,15-16H,23-24H2,1-2H3;3-4H,1-2H3;1-4H,7H2;1H4.